The molecule has 2 aromatic rings. The molecule has 1 N–H and O–H groups in total. The normalized spacial score (nSPS) is 20.5. The number of piperidine rings is 1. The number of pyridine rings is 1. The van der Waals surface area contributed by atoms with Gasteiger partial charge in [-0.05, 0) is 56.2 Å². The second kappa shape index (κ2) is 7.75. The molecule has 6 nitrogen and oxygen atoms in total. The second-order valence-corrected chi connectivity index (χ2v) is 8.25. The first-order valence-corrected chi connectivity index (χ1v) is 10.1. The molecule has 0 unspecified atom stereocenters. The number of carboxylic acids is 1. The molecule has 0 saturated carbocycles. The van der Waals surface area contributed by atoms with Crippen LogP contribution in [0, 0.1) is 16.7 Å². The molecule has 1 aliphatic rings. The molecule has 3 rings (SSSR count). The van der Waals surface area contributed by atoms with E-state index in [0.29, 0.717) is 24.2 Å². The number of benzene rings is 1. The Morgan fingerprint density at radius 3 is 2.85 bits per heavy atom. The van der Waals surface area contributed by atoms with E-state index in [1.807, 2.05) is 37.4 Å². The molecule has 0 radical (unpaired) electrons. The van der Waals surface area contributed by atoms with Crippen LogP contribution < -0.4 is 5.56 Å². The predicted octanol–water partition coefficient (Wildman–Crippen LogP) is 2.93. The number of carbonyl (C=O) groups is 1. The number of hydrogen-bond donors (Lipinski definition) is 1. The van der Waals surface area contributed by atoms with Crippen molar-refractivity contribution in [2.24, 2.45) is 5.41 Å². The lowest BCUT2D eigenvalue weighted by molar-refractivity contribution is -0.137. The third-order valence-electron chi connectivity index (χ3n) is 5.11. The summed E-state index contributed by atoms with van der Waals surface area (Å²) in [5.74, 6) is -1.04. The monoisotopic (exact) mass is 385 g/mol. The molecule has 1 saturated heterocycles. The highest BCUT2D eigenvalue weighted by molar-refractivity contribution is 7.98. The van der Waals surface area contributed by atoms with Crippen molar-refractivity contribution < 1.29 is 9.90 Å². The lowest BCUT2D eigenvalue weighted by Gasteiger charge is -2.35. The van der Waals surface area contributed by atoms with Gasteiger partial charge in [0.2, 0.25) is 0 Å². The summed E-state index contributed by atoms with van der Waals surface area (Å²) >= 11 is 1.55. The Labute approximate surface area is 162 Å². The minimum atomic E-state index is -1.04. The highest BCUT2D eigenvalue weighted by Crippen LogP contribution is 2.29. The Morgan fingerprint density at radius 2 is 2.19 bits per heavy atom. The van der Waals surface area contributed by atoms with Crippen LogP contribution in [0.15, 0.2) is 34.0 Å². The summed E-state index contributed by atoms with van der Waals surface area (Å²) < 4.78 is 1.35. The SMILES string of the molecule is CSc1ccc2cc(CN3CCC[C@@](C)(C#N)C3)c(=O)n(CC(=O)O)c2c1. The number of likely N-dealkylation sites (tertiary alicyclic amines) is 1. The maximum atomic E-state index is 13.0. The number of nitriles is 1. The van der Waals surface area contributed by atoms with Gasteiger partial charge >= 0.3 is 5.97 Å². The largest absolute Gasteiger partial charge is 0.480 e. The number of aromatic nitrogens is 1. The van der Waals surface area contributed by atoms with E-state index in [2.05, 4.69) is 11.0 Å². The summed E-state index contributed by atoms with van der Waals surface area (Å²) in [6.07, 6.45) is 3.72. The van der Waals surface area contributed by atoms with Crippen molar-refractivity contribution in [3.8, 4) is 6.07 Å². The van der Waals surface area contributed by atoms with E-state index in [9.17, 15) is 20.0 Å². The van der Waals surface area contributed by atoms with Crippen LogP contribution in [0.2, 0.25) is 0 Å². The molecule has 1 aromatic carbocycles. The summed E-state index contributed by atoms with van der Waals surface area (Å²) in [7, 11) is 0. The smallest absolute Gasteiger partial charge is 0.323 e. The van der Waals surface area contributed by atoms with Crippen molar-refractivity contribution in [2.45, 2.75) is 37.8 Å². The van der Waals surface area contributed by atoms with Crippen LogP contribution in [-0.4, -0.2) is 39.9 Å². The Balaban J connectivity index is 2.03. The third kappa shape index (κ3) is 4.18. The molecule has 142 valence electrons. The average molecular weight is 385 g/mol. The van der Waals surface area contributed by atoms with Crippen LogP contribution in [0.5, 0.6) is 0 Å². The zero-order valence-electron chi connectivity index (χ0n) is 15.6. The molecule has 2 heterocycles. The van der Waals surface area contributed by atoms with Crippen LogP contribution in [0.1, 0.15) is 25.3 Å². The topological polar surface area (TPSA) is 86.3 Å². The van der Waals surface area contributed by atoms with E-state index in [1.54, 1.807) is 11.8 Å². The molecule has 27 heavy (non-hydrogen) atoms. The quantitative estimate of drug-likeness (QED) is 0.797. The Bertz CT molecular complexity index is 979. The van der Waals surface area contributed by atoms with Crippen molar-refractivity contribution >= 4 is 28.6 Å². The predicted molar refractivity (Wildman–Crippen MR) is 106 cm³/mol. The van der Waals surface area contributed by atoms with Gasteiger partial charge in [0.15, 0.2) is 0 Å². The summed E-state index contributed by atoms with van der Waals surface area (Å²) in [5, 5.41) is 19.5. The average Bonchev–Trinajstić information content (AvgIpc) is 2.64. The first-order valence-electron chi connectivity index (χ1n) is 8.91. The fraction of sp³-hybridized carbons (Fsp3) is 0.450. The zero-order valence-corrected chi connectivity index (χ0v) is 16.4. The Kier molecular flexibility index (Phi) is 5.59. The number of carboxylic acid groups (broad SMARTS) is 1. The summed E-state index contributed by atoms with van der Waals surface area (Å²) in [5.41, 5.74) is 0.538. The summed E-state index contributed by atoms with van der Waals surface area (Å²) in [4.78, 5) is 27.5. The number of nitrogens with zero attached hydrogens (tertiary/aromatic N) is 3. The maximum absolute atomic E-state index is 13.0. The van der Waals surface area contributed by atoms with Gasteiger partial charge in [0.1, 0.15) is 6.54 Å². The number of thioether (sulfide) groups is 1. The minimum absolute atomic E-state index is 0.271. The van der Waals surface area contributed by atoms with Gasteiger partial charge in [-0.2, -0.15) is 5.26 Å². The maximum Gasteiger partial charge on any atom is 0.323 e. The van der Waals surface area contributed by atoms with Crippen molar-refractivity contribution in [1.82, 2.24) is 9.47 Å². The molecule has 0 amide bonds. The highest BCUT2D eigenvalue weighted by atomic mass is 32.2. The van der Waals surface area contributed by atoms with E-state index in [-0.39, 0.29) is 12.1 Å². The standard InChI is InChI=1S/C20H23N3O3S/c1-20(12-21)6-3-7-22(13-20)10-15-8-14-4-5-16(27-2)9-17(14)23(19(15)26)11-18(24)25/h4-5,8-9H,3,6-7,10-11,13H2,1-2H3,(H,24,25)/t20-/m0/s1. The molecule has 0 spiro atoms. The highest BCUT2D eigenvalue weighted by Gasteiger charge is 2.31. The van der Waals surface area contributed by atoms with Gasteiger partial charge in [-0.1, -0.05) is 6.07 Å². The lowest BCUT2D eigenvalue weighted by Crippen LogP contribution is -2.41. The van der Waals surface area contributed by atoms with Gasteiger partial charge in [0.25, 0.3) is 5.56 Å². The molecular formula is C20H23N3O3S. The van der Waals surface area contributed by atoms with E-state index >= 15 is 0 Å². The molecule has 1 fully saturated rings. The number of hydrogen-bond acceptors (Lipinski definition) is 5. The molecule has 1 aliphatic heterocycles. The first-order chi connectivity index (χ1) is 12.8. The number of aliphatic carboxylic acids is 1. The van der Waals surface area contributed by atoms with Gasteiger partial charge in [-0.15, -0.1) is 11.8 Å². The second-order valence-electron chi connectivity index (χ2n) is 7.37. The van der Waals surface area contributed by atoms with E-state index in [4.69, 9.17) is 0 Å². The lowest BCUT2D eigenvalue weighted by atomic mass is 9.83. The van der Waals surface area contributed by atoms with Gasteiger partial charge in [-0.25, -0.2) is 0 Å². The van der Waals surface area contributed by atoms with Crippen LogP contribution in [0.3, 0.4) is 0 Å². The Hall–Kier alpha value is -2.30. The van der Waals surface area contributed by atoms with Crippen molar-refractivity contribution in [3.63, 3.8) is 0 Å². The van der Waals surface area contributed by atoms with Gasteiger partial charge in [-0.3, -0.25) is 19.1 Å². The molecule has 1 atom stereocenters. The zero-order chi connectivity index (χ0) is 19.6. The van der Waals surface area contributed by atoms with E-state index in [1.165, 1.54) is 4.57 Å². The molecule has 0 aliphatic carbocycles. The minimum Gasteiger partial charge on any atom is -0.480 e. The van der Waals surface area contributed by atoms with Crippen LogP contribution in [0.4, 0.5) is 0 Å². The first kappa shape index (κ1) is 19.5. The van der Waals surface area contributed by atoms with Crippen molar-refractivity contribution in [2.75, 3.05) is 19.3 Å². The Morgan fingerprint density at radius 1 is 1.41 bits per heavy atom. The fourth-order valence-corrected chi connectivity index (χ4v) is 4.19. The third-order valence-corrected chi connectivity index (χ3v) is 5.84. The van der Waals surface area contributed by atoms with Gasteiger partial charge in [0.05, 0.1) is 17.0 Å². The van der Waals surface area contributed by atoms with Gasteiger partial charge in [0, 0.05) is 23.5 Å². The van der Waals surface area contributed by atoms with Crippen LogP contribution >= 0.6 is 11.8 Å². The van der Waals surface area contributed by atoms with Gasteiger partial charge < -0.3 is 5.11 Å². The van der Waals surface area contributed by atoms with Crippen molar-refractivity contribution in [1.29, 1.82) is 5.26 Å². The van der Waals surface area contributed by atoms with E-state index < -0.39 is 11.4 Å². The van der Waals surface area contributed by atoms with E-state index in [0.717, 1.165) is 29.7 Å². The molecule has 7 heteroatoms. The molecule has 1 aromatic heterocycles. The molecule has 0 bridgehead atoms. The molecular weight excluding hydrogens is 362 g/mol. The number of rotatable bonds is 5. The van der Waals surface area contributed by atoms with Crippen LogP contribution in [0.25, 0.3) is 10.9 Å². The summed E-state index contributed by atoms with van der Waals surface area (Å²) in [6.45, 7) is 3.46. The van der Waals surface area contributed by atoms with Crippen LogP contribution in [-0.2, 0) is 17.9 Å². The van der Waals surface area contributed by atoms with Crippen molar-refractivity contribution in [3.05, 3.63) is 40.2 Å². The summed E-state index contributed by atoms with van der Waals surface area (Å²) in [6, 6.07) is 10.0. The number of fused-ring (bicyclic) bond motifs is 1. The fourth-order valence-electron chi connectivity index (χ4n) is 3.76.